The Kier molecular flexibility index (Phi) is 3.53. The summed E-state index contributed by atoms with van der Waals surface area (Å²) in [7, 11) is 0. The van der Waals surface area contributed by atoms with E-state index in [1.807, 2.05) is 16.9 Å². The van der Waals surface area contributed by atoms with E-state index in [0.717, 1.165) is 19.5 Å². The molecule has 4 nitrogen and oxygen atoms in total. The van der Waals surface area contributed by atoms with Crippen molar-refractivity contribution in [1.29, 1.82) is 0 Å². The number of hydrogen-bond donors (Lipinski definition) is 1. The molecule has 0 unspecified atom stereocenters. The highest BCUT2D eigenvalue weighted by Crippen LogP contribution is 2.30. The molecule has 0 saturated carbocycles. The molecule has 0 aliphatic carbocycles. The van der Waals surface area contributed by atoms with Crippen LogP contribution in [0.3, 0.4) is 0 Å². The Balaban J connectivity index is 1.79. The Morgan fingerprint density at radius 2 is 2.00 bits per heavy atom. The molecular weight excluding hydrogens is 316 g/mol. The van der Waals surface area contributed by atoms with Gasteiger partial charge in [0.25, 0.3) is 0 Å². The Bertz CT molecular complexity index is 741. The number of aryl methyl sites for hydroxylation is 2. The van der Waals surface area contributed by atoms with Crippen LogP contribution in [-0.2, 0) is 13.1 Å². The summed E-state index contributed by atoms with van der Waals surface area (Å²) in [6.45, 7) is 3.99. The van der Waals surface area contributed by atoms with Crippen molar-refractivity contribution in [3.05, 3.63) is 46.7 Å². The molecule has 104 valence electrons. The number of halogens is 1. The molecule has 0 spiro atoms. The van der Waals surface area contributed by atoms with Gasteiger partial charge in [-0.1, -0.05) is 18.2 Å². The van der Waals surface area contributed by atoms with Gasteiger partial charge in [0, 0.05) is 40.4 Å². The lowest BCUT2D eigenvalue weighted by atomic mass is 10.2. The van der Waals surface area contributed by atoms with Crippen LogP contribution >= 0.6 is 15.9 Å². The Labute approximate surface area is 126 Å². The van der Waals surface area contributed by atoms with Crippen LogP contribution in [0.4, 0.5) is 5.82 Å². The van der Waals surface area contributed by atoms with Crippen LogP contribution in [0.5, 0.6) is 0 Å². The van der Waals surface area contributed by atoms with Crippen LogP contribution in [0.15, 0.2) is 41.0 Å². The van der Waals surface area contributed by atoms with Gasteiger partial charge >= 0.3 is 0 Å². The number of benzene rings is 1. The van der Waals surface area contributed by atoms with E-state index in [9.17, 15) is 0 Å². The molecule has 1 aromatic carbocycles. The van der Waals surface area contributed by atoms with Gasteiger partial charge in [0.2, 0.25) is 0 Å². The van der Waals surface area contributed by atoms with E-state index < -0.39 is 0 Å². The van der Waals surface area contributed by atoms with Crippen molar-refractivity contribution >= 4 is 32.7 Å². The lowest BCUT2D eigenvalue weighted by Crippen LogP contribution is -2.06. The Morgan fingerprint density at radius 3 is 2.75 bits per heavy atom. The minimum Gasteiger partial charge on any atom is -0.382 e. The Morgan fingerprint density at radius 1 is 1.20 bits per heavy atom. The number of para-hydroxylation sites is 1. The molecule has 0 bridgehead atoms. The summed E-state index contributed by atoms with van der Waals surface area (Å²) in [6, 6.07) is 10.3. The molecule has 0 amide bonds. The predicted octanol–water partition coefficient (Wildman–Crippen LogP) is 3.58. The average molecular weight is 333 g/mol. The number of rotatable bonds is 4. The quantitative estimate of drug-likeness (QED) is 0.793. The van der Waals surface area contributed by atoms with Crippen molar-refractivity contribution in [2.24, 2.45) is 0 Å². The lowest BCUT2D eigenvalue weighted by Gasteiger charge is -2.08. The second-order valence-electron chi connectivity index (χ2n) is 4.93. The number of nitrogen functional groups attached to an aromatic ring is 1. The topological polar surface area (TPSA) is 48.8 Å². The molecule has 3 aromatic rings. The highest BCUT2D eigenvalue weighted by molar-refractivity contribution is 9.10. The highest BCUT2D eigenvalue weighted by Gasteiger charge is 2.10. The number of hydrogen-bond acceptors (Lipinski definition) is 2. The molecule has 0 atom stereocenters. The molecule has 0 aliphatic rings. The molecule has 0 aliphatic heterocycles. The van der Waals surface area contributed by atoms with Crippen LogP contribution in [-0.4, -0.2) is 14.3 Å². The SMILES string of the molecule is Cc1c(Br)c2ccccc2n1CCCn1ccc(N)n1. The zero-order valence-electron chi connectivity index (χ0n) is 11.4. The van der Waals surface area contributed by atoms with Gasteiger partial charge in [-0.15, -0.1) is 0 Å². The fourth-order valence-corrected chi connectivity index (χ4v) is 3.12. The maximum Gasteiger partial charge on any atom is 0.145 e. The number of aromatic nitrogens is 3. The predicted molar refractivity (Wildman–Crippen MR) is 85.6 cm³/mol. The first-order valence-corrected chi connectivity index (χ1v) is 7.48. The molecule has 0 fully saturated rings. The summed E-state index contributed by atoms with van der Waals surface area (Å²) >= 11 is 3.69. The van der Waals surface area contributed by atoms with Gasteiger partial charge in [0.15, 0.2) is 0 Å². The first kappa shape index (κ1) is 13.2. The zero-order chi connectivity index (χ0) is 14.1. The second-order valence-corrected chi connectivity index (χ2v) is 5.72. The van der Waals surface area contributed by atoms with Gasteiger partial charge in [-0.05, 0) is 41.4 Å². The molecular formula is C15H17BrN4. The lowest BCUT2D eigenvalue weighted by molar-refractivity contribution is 0.530. The van der Waals surface area contributed by atoms with E-state index >= 15 is 0 Å². The van der Waals surface area contributed by atoms with Gasteiger partial charge in [-0.2, -0.15) is 5.10 Å². The fourth-order valence-electron chi connectivity index (χ4n) is 2.57. The van der Waals surface area contributed by atoms with Crippen molar-refractivity contribution in [3.63, 3.8) is 0 Å². The van der Waals surface area contributed by atoms with Crippen LogP contribution < -0.4 is 5.73 Å². The highest BCUT2D eigenvalue weighted by atomic mass is 79.9. The largest absolute Gasteiger partial charge is 0.382 e. The fraction of sp³-hybridized carbons (Fsp3) is 0.267. The average Bonchev–Trinajstić information content (AvgIpc) is 2.97. The van der Waals surface area contributed by atoms with E-state index in [4.69, 9.17) is 5.73 Å². The number of anilines is 1. The summed E-state index contributed by atoms with van der Waals surface area (Å²) in [5.74, 6) is 0.579. The van der Waals surface area contributed by atoms with E-state index in [-0.39, 0.29) is 0 Å². The normalized spacial score (nSPS) is 11.3. The summed E-state index contributed by atoms with van der Waals surface area (Å²) < 4.78 is 5.44. The molecule has 0 radical (unpaired) electrons. The van der Waals surface area contributed by atoms with Crippen LogP contribution in [0, 0.1) is 6.92 Å². The van der Waals surface area contributed by atoms with Gasteiger partial charge in [-0.25, -0.2) is 0 Å². The molecule has 5 heteroatoms. The molecule has 2 heterocycles. The van der Waals surface area contributed by atoms with Crippen LogP contribution in [0.25, 0.3) is 10.9 Å². The van der Waals surface area contributed by atoms with Crippen LogP contribution in [0.1, 0.15) is 12.1 Å². The third-order valence-electron chi connectivity index (χ3n) is 3.58. The molecule has 2 aromatic heterocycles. The van der Waals surface area contributed by atoms with Gasteiger partial charge in [0.1, 0.15) is 5.82 Å². The zero-order valence-corrected chi connectivity index (χ0v) is 13.0. The number of nitrogens with two attached hydrogens (primary N) is 1. The first-order chi connectivity index (χ1) is 9.66. The van der Waals surface area contributed by atoms with Crippen molar-refractivity contribution in [2.45, 2.75) is 26.4 Å². The van der Waals surface area contributed by atoms with E-state index in [2.05, 4.69) is 56.8 Å². The smallest absolute Gasteiger partial charge is 0.145 e. The molecule has 0 saturated heterocycles. The van der Waals surface area contributed by atoms with Crippen LogP contribution in [0.2, 0.25) is 0 Å². The minimum atomic E-state index is 0.579. The summed E-state index contributed by atoms with van der Waals surface area (Å²) in [6.07, 6.45) is 2.94. The summed E-state index contributed by atoms with van der Waals surface area (Å²) in [4.78, 5) is 0. The van der Waals surface area contributed by atoms with E-state index in [1.165, 1.54) is 21.1 Å². The third-order valence-corrected chi connectivity index (χ3v) is 4.59. The third kappa shape index (κ3) is 2.33. The van der Waals surface area contributed by atoms with Crippen molar-refractivity contribution in [3.8, 4) is 0 Å². The van der Waals surface area contributed by atoms with Gasteiger partial charge in [-0.3, -0.25) is 4.68 Å². The maximum atomic E-state index is 5.62. The molecule has 2 N–H and O–H groups in total. The van der Waals surface area contributed by atoms with Gasteiger partial charge < -0.3 is 10.3 Å². The van der Waals surface area contributed by atoms with E-state index in [1.54, 1.807) is 0 Å². The summed E-state index contributed by atoms with van der Waals surface area (Å²) in [5.41, 5.74) is 8.16. The van der Waals surface area contributed by atoms with Crippen molar-refractivity contribution < 1.29 is 0 Å². The van der Waals surface area contributed by atoms with Gasteiger partial charge in [0.05, 0.1) is 0 Å². The number of nitrogens with zero attached hydrogens (tertiary/aromatic N) is 3. The van der Waals surface area contributed by atoms with Crippen molar-refractivity contribution in [1.82, 2.24) is 14.3 Å². The monoisotopic (exact) mass is 332 g/mol. The maximum absolute atomic E-state index is 5.62. The number of fused-ring (bicyclic) bond motifs is 1. The van der Waals surface area contributed by atoms with E-state index in [0.29, 0.717) is 5.82 Å². The summed E-state index contributed by atoms with van der Waals surface area (Å²) in [5, 5.41) is 5.48. The van der Waals surface area contributed by atoms with Crippen molar-refractivity contribution in [2.75, 3.05) is 5.73 Å². The standard InChI is InChI=1S/C15H17BrN4/c1-11-15(16)12-5-2-3-6-13(12)20(11)9-4-8-19-10-7-14(17)18-19/h2-3,5-7,10H,4,8-9H2,1H3,(H2,17,18). The molecule has 3 rings (SSSR count). The Hall–Kier alpha value is -1.75. The minimum absolute atomic E-state index is 0.579. The molecule has 20 heavy (non-hydrogen) atoms. The second kappa shape index (κ2) is 5.32. The first-order valence-electron chi connectivity index (χ1n) is 6.69.